The number of hydrogen-bond acceptors (Lipinski definition) is 24. The van der Waals surface area contributed by atoms with Gasteiger partial charge in [-0.05, 0) is 237 Å². The van der Waals surface area contributed by atoms with Gasteiger partial charge in [-0.3, -0.25) is 0 Å². The third-order valence-electron chi connectivity index (χ3n) is 26.5. The summed E-state index contributed by atoms with van der Waals surface area (Å²) in [5.74, 6) is 7.10. The molecule has 0 spiro atoms. The van der Waals surface area contributed by atoms with Crippen molar-refractivity contribution in [2.75, 3.05) is 68.2 Å². The van der Waals surface area contributed by atoms with Crippen molar-refractivity contribution >= 4 is 67.4 Å². The molecular formula is C114H104F4N24O4. The Morgan fingerprint density at radius 2 is 0.582 bits per heavy atom. The quantitative estimate of drug-likeness (QED) is 0.0366. The number of rotatable bonds is 26. The third kappa shape index (κ3) is 20.1. The summed E-state index contributed by atoms with van der Waals surface area (Å²) < 4.78 is 88.8. The topological polar surface area (TPSA) is 325 Å². The van der Waals surface area contributed by atoms with Crippen LogP contribution in [0.4, 0.5) is 41.4 Å². The van der Waals surface area contributed by atoms with Gasteiger partial charge in [0.15, 0.2) is 0 Å². The first-order valence-corrected chi connectivity index (χ1v) is 49.1. The van der Waals surface area contributed by atoms with Crippen molar-refractivity contribution in [3.05, 3.63) is 336 Å². The zero-order chi connectivity index (χ0) is 100. The number of imidazole rings is 4. The van der Waals surface area contributed by atoms with Crippen LogP contribution in [0.5, 0.6) is 23.5 Å². The van der Waals surface area contributed by atoms with E-state index in [-0.39, 0.29) is 53.4 Å². The molecule has 0 amide bonds. The van der Waals surface area contributed by atoms with Crippen molar-refractivity contribution in [2.24, 2.45) is 0 Å². The van der Waals surface area contributed by atoms with Gasteiger partial charge in [0.05, 0.1) is 115 Å². The number of para-hydroxylation sites is 4. The molecule has 12 aromatic heterocycles. The van der Waals surface area contributed by atoms with Gasteiger partial charge >= 0.3 is 0 Å². The maximum Gasteiger partial charge on any atom is 0.223 e. The Kier molecular flexibility index (Phi) is 27.3. The molecule has 16 heterocycles. The maximum atomic E-state index is 13.7. The van der Waals surface area contributed by atoms with Crippen LogP contribution < -0.4 is 40.6 Å². The first-order chi connectivity index (χ1) is 71.4. The number of ether oxygens (including phenoxy) is 4. The molecular weight excluding hydrogens is 1850 g/mol. The molecule has 32 heteroatoms. The highest BCUT2D eigenvalue weighted by molar-refractivity contribution is 5.86. The molecule has 4 aliphatic heterocycles. The van der Waals surface area contributed by atoms with E-state index in [1.807, 2.05) is 138 Å². The van der Waals surface area contributed by atoms with E-state index in [1.54, 1.807) is 80.4 Å². The summed E-state index contributed by atoms with van der Waals surface area (Å²) in [5, 5.41) is 13.8. The fourth-order valence-corrected chi connectivity index (χ4v) is 19.5. The van der Waals surface area contributed by atoms with Crippen LogP contribution in [0.25, 0.3) is 134 Å². The maximum absolute atomic E-state index is 13.7. The average molecular weight is 1950 g/mol. The number of pyridine rings is 4. The van der Waals surface area contributed by atoms with Crippen molar-refractivity contribution in [2.45, 2.75) is 123 Å². The molecule has 4 atom stereocenters. The second kappa shape index (κ2) is 42.1. The Bertz CT molecular complexity index is 8190. The predicted molar refractivity (Wildman–Crippen MR) is 559 cm³/mol. The molecule has 4 aliphatic rings. The van der Waals surface area contributed by atoms with E-state index in [9.17, 15) is 17.6 Å². The third-order valence-corrected chi connectivity index (χ3v) is 26.5. The normalized spacial score (nSPS) is 14.7. The Hall–Kier alpha value is -17.3. The molecule has 20 aromatic rings. The highest BCUT2D eigenvalue weighted by Gasteiger charge is 2.38. The van der Waals surface area contributed by atoms with Crippen molar-refractivity contribution in [3.63, 3.8) is 0 Å². The lowest BCUT2D eigenvalue weighted by atomic mass is 10.1. The van der Waals surface area contributed by atoms with E-state index in [1.165, 1.54) is 48.5 Å². The van der Waals surface area contributed by atoms with Crippen LogP contribution in [0.3, 0.4) is 0 Å². The SMILES string of the molecule is CCCNc1nccc(-c2c(-c3ccc(F)cc3)nc3n2C(COc2nc4ccccc4cc2C)CC3)n1.CCNc1nccc(-c2c(-c3ccc(F)cc3)nc3n2C(COc2nc4ccccc4cc2C)CC3)n1.CNc1nccc(-c2c(-c3ccc(F)cc3)nc3n2C(COc2nc4ccccc4cc2C)CC3)n1.Cc1cc2ccccc2nc1OCC1CCc2nc(-c3ccc(F)cc3)c(-c3ccnc(N)n3)n21. The molecule has 4 unspecified atom stereocenters. The second-order valence-corrected chi connectivity index (χ2v) is 36.4. The number of aromatic nitrogens is 20. The highest BCUT2D eigenvalue weighted by atomic mass is 19.1. The number of fused-ring (bicyclic) bond motifs is 8. The Morgan fingerprint density at radius 3 is 0.863 bits per heavy atom. The van der Waals surface area contributed by atoms with Crippen molar-refractivity contribution in [1.82, 2.24) is 98.0 Å². The minimum absolute atomic E-state index is 0.0329. The first-order valence-electron chi connectivity index (χ1n) is 49.1. The summed E-state index contributed by atoms with van der Waals surface area (Å²) in [6, 6.07) is 73.9. The van der Waals surface area contributed by atoms with E-state index >= 15 is 0 Å². The summed E-state index contributed by atoms with van der Waals surface area (Å²) in [5.41, 5.74) is 26.4. The number of nitrogens with one attached hydrogen (secondary N) is 3. The van der Waals surface area contributed by atoms with E-state index in [0.717, 1.165) is 238 Å². The second-order valence-electron chi connectivity index (χ2n) is 36.4. The summed E-state index contributed by atoms with van der Waals surface area (Å²) >= 11 is 0. The molecule has 0 fully saturated rings. The molecule has 8 aromatic carbocycles. The summed E-state index contributed by atoms with van der Waals surface area (Å²) in [6.45, 7) is 15.5. The lowest BCUT2D eigenvalue weighted by Gasteiger charge is -2.19. The first kappa shape index (κ1) is 94.9. The molecule has 0 saturated heterocycles. The van der Waals surface area contributed by atoms with Gasteiger partial charge in [-0.2, -0.15) is 0 Å². The van der Waals surface area contributed by atoms with Crippen LogP contribution in [0.1, 0.15) is 116 Å². The molecule has 0 bridgehead atoms. The van der Waals surface area contributed by atoms with Gasteiger partial charge in [-0.1, -0.05) is 79.7 Å². The van der Waals surface area contributed by atoms with Crippen molar-refractivity contribution < 1.29 is 36.5 Å². The molecule has 732 valence electrons. The molecule has 5 N–H and O–H groups in total. The van der Waals surface area contributed by atoms with Crippen molar-refractivity contribution in [1.29, 1.82) is 0 Å². The lowest BCUT2D eigenvalue weighted by molar-refractivity contribution is 0.246. The number of benzene rings is 8. The monoisotopic (exact) mass is 1950 g/mol. The smallest absolute Gasteiger partial charge is 0.223 e. The number of anilines is 4. The number of nitrogen functional groups attached to an aromatic ring is 1. The lowest BCUT2D eigenvalue weighted by Crippen LogP contribution is -2.16. The molecule has 28 nitrogen and oxygen atoms in total. The van der Waals surface area contributed by atoms with Crippen LogP contribution in [-0.2, 0) is 25.7 Å². The number of nitrogens with zero attached hydrogens (tertiary/aromatic N) is 20. The standard InChI is InChI=1S/C30H29FN6O.C29H27FN6O.C28H25FN6O.C27H23FN6O/c1-3-15-32-30-33-16-14-25(35-30)28-27(20-8-10-22(31)11-9-20)36-26-13-12-23(37(26)28)18-38-29-19(2)17-21-6-4-5-7-24(21)34-29;1-3-31-29-32-15-14-24(34-29)27-26(19-8-10-21(30)11-9-19)35-25-13-12-22(36(25)27)17-37-28-18(2)16-20-6-4-5-7-23(20)33-28;1-17-15-19-5-3-4-6-22(19)32-27(17)36-16-21-11-12-24-34-25(18-7-9-20(29)10-8-18)26(35(21)24)23-13-14-31-28(30-2)33-23;1-16-14-18-4-2-3-5-21(18)31-26(16)35-15-20-10-11-23-33-24(17-6-8-19(28)9-7-17)25(34(20)23)22-12-13-30-27(29)32-22/h4-11,14,16-17,23H,3,12-13,15,18H2,1-2H3,(H,32,33,35);4-11,14-16,22H,3,12-13,17H2,1-2H3,(H,31,32,34);3-10,13-15,21H,11-12,16H2,1-2H3,(H,30,31,33);2-9,12-14,20H,10-11,15H2,1H3,(H2,29,30,32). The van der Waals surface area contributed by atoms with Gasteiger partial charge in [0.2, 0.25) is 47.3 Å². The summed E-state index contributed by atoms with van der Waals surface area (Å²) in [6.07, 6.45) is 14.7. The Morgan fingerprint density at radius 1 is 0.315 bits per heavy atom. The van der Waals surface area contributed by atoms with Gasteiger partial charge in [0, 0.05) is 137 Å². The number of halogens is 4. The Labute approximate surface area is 839 Å². The van der Waals surface area contributed by atoms with Crippen LogP contribution in [0.15, 0.2) is 267 Å². The van der Waals surface area contributed by atoms with Gasteiger partial charge in [0.25, 0.3) is 0 Å². The summed E-state index contributed by atoms with van der Waals surface area (Å²) in [4.78, 5) is 74.7. The van der Waals surface area contributed by atoms with E-state index in [2.05, 4.69) is 109 Å². The van der Waals surface area contributed by atoms with Crippen LogP contribution in [-0.4, -0.2) is 145 Å². The van der Waals surface area contributed by atoms with E-state index in [4.69, 9.17) is 79.5 Å². The molecule has 0 saturated carbocycles. The van der Waals surface area contributed by atoms with Crippen LogP contribution in [0, 0.1) is 51.0 Å². The Balaban J connectivity index is 0.000000114. The molecule has 24 rings (SSSR count). The fourth-order valence-electron chi connectivity index (χ4n) is 19.5. The molecule has 0 radical (unpaired) electrons. The van der Waals surface area contributed by atoms with Crippen LogP contribution in [0.2, 0.25) is 0 Å². The largest absolute Gasteiger partial charge is 0.475 e. The van der Waals surface area contributed by atoms with Crippen LogP contribution >= 0.6 is 0 Å². The predicted octanol–water partition coefficient (Wildman–Crippen LogP) is 23.2. The number of hydrogen-bond donors (Lipinski definition) is 4. The van der Waals surface area contributed by atoms with Gasteiger partial charge in [-0.25, -0.2) is 97.3 Å². The molecule has 0 aliphatic carbocycles. The van der Waals surface area contributed by atoms with E-state index < -0.39 is 0 Å². The van der Waals surface area contributed by atoms with Gasteiger partial charge in [-0.15, -0.1) is 0 Å². The molecule has 146 heavy (non-hydrogen) atoms. The minimum atomic E-state index is -0.294. The summed E-state index contributed by atoms with van der Waals surface area (Å²) in [7, 11) is 1.79. The van der Waals surface area contributed by atoms with Crippen molar-refractivity contribution in [3.8, 4) is 114 Å². The fraction of sp³-hybridized carbons (Fsp3) is 0.228. The average Bonchev–Trinajstić information content (AvgIpc) is 1.61. The highest BCUT2D eigenvalue weighted by Crippen LogP contribution is 2.46. The number of aryl methyl sites for hydroxylation is 8. The minimum Gasteiger partial charge on any atom is -0.475 e. The van der Waals surface area contributed by atoms with Gasteiger partial charge in [0.1, 0.15) is 73.0 Å². The van der Waals surface area contributed by atoms with Gasteiger partial charge < -0.3 is 58.9 Å². The van der Waals surface area contributed by atoms with E-state index in [0.29, 0.717) is 80.0 Å². The number of nitrogens with two attached hydrogens (primary N) is 1. The zero-order valence-corrected chi connectivity index (χ0v) is 81.5. The zero-order valence-electron chi connectivity index (χ0n) is 81.5.